The molecule has 2 amide bonds. The molecular formula is C24H25N3O4S. The lowest BCUT2D eigenvalue weighted by atomic mass is 9.93. The van der Waals surface area contributed by atoms with Gasteiger partial charge in [-0.3, -0.25) is 14.5 Å². The standard InChI is InChI=1S/C24H25N3O4S/c1-24(23(29)25-16-4-2-3-5-16)14-26-18(12-15-8-11-32-22(15)26)21(28)27(24)17-6-7-19-20(13-17)31-10-9-30-19/h6-8,11-13,16H,2-5,9-10,14H2,1H3,(H,25,29)/t24-/m1/s1. The van der Waals surface area contributed by atoms with Crippen molar-refractivity contribution in [1.29, 1.82) is 0 Å². The summed E-state index contributed by atoms with van der Waals surface area (Å²) in [5.41, 5.74) is 0.166. The molecule has 1 fully saturated rings. The molecule has 0 radical (unpaired) electrons. The zero-order valence-electron chi connectivity index (χ0n) is 17.9. The second kappa shape index (κ2) is 7.27. The number of hydrogen-bond acceptors (Lipinski definition) is 5. The van der Waals surface area contributed by atoms with Crippen LogP contribution >= 0.6 is 11.3 Å². The van der Waals surface area contributed by atoms with Crippen molar-refractivity contribution in [1.82, 2.24) is 9.88 Å². The Labute approximate surface area is 189 Å². The lowest BCUT2D eigenvalue weighted by Crippen LogP contribution is -2.65. The van der Waals surface area contributed by atoms with Gasteiger partial charge in [-0.2, -0.15) is 0 Å². The van der Waals surface area contributed by atoms with Gasteiger partial charge in [0.1, 0.15) is 29.3 Å². The fourth-order valence-electron chi connectivity index (χ4n) is 5.18. The molecular weight excluding hydrogens is 426 g/mol. The van der Waals surface area contributed by atoms with Crippen LogP contribution in [-0.2, 0) is 11.3 Å². The fourth-order valence-corrected chi connectivity index (χ4v) is 6.08. The molecule has 3 aromatic rings. The number of amides is 2. The molecule has 3 aliphatic rings. The van der Waals surface area contributed by atoms with Crippen LogP contribution in [0.4, 0.5) is 5.69 Å². The number of benzene rings is 1. The minimum absolute atomic E-state index is 0.114. The van der Waals surface area contributed by atoms with Gasteiger partial charge in [0, 0.05) is 23.2 Å². The lowest BCUT2D eigenvalue weighted by Gasteiger charge is -2.44. The highest BCUT2D eigenvalue weighted by Crippen LogP contribution is 2.41. The Kier molecular flexibility index (Phi) is 4.47. The first kappa shape index (κ1) is 19.7. The number of nitrogens with one attached hydrogen (secondary N) is 1. The summed E-state index contributed by atoms with van der Waals surface area (Å²) in [6.45, 7) is 3.23. The molecule has 7 nitrogen and oxygen atoms in total. The van der Waals surface area contributed by atoms with Gasteiger partial charge in [-0.25, -0.2) is 0 Å². The Morgan fingerprint density at radius 1 is 1.12 bits per heavy atom. The van der Waals surface area contributed by atoms with E-state index in [1.807, 2.05) is 47.2 Å². The maximum Gasteiger partial charge on any atom is 0.275 e. The summed E-state index contributed by atoms with van der Waals surface area (Å²) >= 11 is 1.60. The second-order valence-electron chi connectivity index (χ2n) is 8.99. The van der Waals surface area contributed by atoms with Crippen molar-refractivity contribution in [2.24, 2.45) is 0 Å². The van der Waals surface area contributed by atoms with Crippen molar-refractivity contribution in [3.05, 3.63) is 41.4 Å². The zero-order chi connectivity index (χ0) is 21.9. The van der Waals surface area contributed by atoms with E-state index in [4.69, 9.17) is 9.47 Å². The number of ether oxygens (including phenoxy) is 2. The van der Waals surface area contributed by atoms with Gasteiger partial charge >= 0.3 is 0 Å². The summed E-state index contributed by atoms with van der Waals surface area (Å²) < 4.78 is 13.4. The van der Waals surface area contributed by atoms with Crippen LogP contribution in [0.15, 0.2) is 35.7 Å². The number of fused-ring (bicyclic) bond motifs is 4. The van der Waals surface area contributed by atoms with Gasteiger partial charge in [-0.1, -0.05) is 12.8 Å². The van der Waals surface area contributed by atoms with Crippen LogP contribution in [0.3, 0.4) is 0 Å². The van der Waals surface area contributed by atoms with E-state index >= 15 is 0 Å². The normalized spacial score (nSPS) is 22.9. The van der Waals surface area contributed by atoms with Gasteiger partial charge in [0.25, 0.3) is 5.91 Å². The highest BCUT2D eigenvalue weighted by atomic mass is 32.1. The van der Waals surface area contributed by atoms with Gasteiger partial charge in [0.15, 0.2) is 11.5 Å². The molecule has 1 aliphatic carbocycles. The third-order valence-corrected chi connectivity index (χ3v) is 7.80. The second-order valence-corrected chi connectivity index (χ2v) is 9.89. The number of rotatable bonds is 3. The quantitative estimate of drug-likeness (QED) is 0.655. The predicted octanol–water partition coefficient (Wildman–Crippen LogP) is 3.95. The monoisotopic (exact) mass is 451 g/mol. The van der Waals surface area contributed by atoms with E-state index < -0.39 is 5.54 Å². The number of thiophene rings is 1. The molecule has 6 rings (SSSR count). The van der Waals surface area contributed by atoms with E-state index in [-0.39, 0.29) is 17.9 Å². The molecule has 1 aromatic carbocycles. The highest BCUT2D eigenvalue weighted by molar-refractivity contribution is 7.16. The van der Waals surface area contributed by atoms with E-state index in [1.165, 1.54) is 0 Å². The van der Waals surface area contributed by atoms with Crippen molar-refractivity contribution >= 4 is 39.1 Å². The highest BCUT2D eigenvalue weighted by Gasteiger charge is 2.49. The van der Waals surface area contributed by atoms with Crippen LogP contribution < -0.4 is 19.7 Å². The van der Waals surface area contributed by atoms with E-state index in [9.17, 15) is 9.59 Å². The molecule has 1 atom stereocenters. The third-order valence-electron chi connectivity index (χ3n) is 6.85. The zero-order valence-corrected chi connectivity index (χ0v) is 18.7. The summed E-state index contributed by atoms with van der Waals surface area (Å²) in [4.78, 5) is 30.3. The molecule has 0 spiro atoms. The number of nitrogens with zero attached hydrogens (tertiary/aromatic N) is 2. The first-order valence-electron chi connectivity index (χ1n) is 11.2. The van der Waals surface area contributed by atoms with Gasteiger partial charge < -0.3 is 19.4 Å². The van der Waals surface area contributed by atoms with E-state index in [2.05, 4.69) is 5.32 Å². The van der Waals surface area contributed by atoms with Crippen molar-refractivity contribution in [3.8, 4) is 11.5 Å². The summed E-state index contributed by atoms with van der Waals surface area (Å²) in [5, 5.41) is 6.29. The number of hydrogen-bond donors (Lipinski definition) is 1. The first-order valence-corrected chi connectivity index (χ1v) is 12.0. The molecule has 1 saturated carbocycles. The summed E-state index contributed by atoms with van der Waals surface area (Å²) in [6, 6.07) is 9.58. The number of aromatic nitrogens is 1. The number of anilines is 1. The molecule has 8 heteroatoms. The molecule has 4 heterocycles. The lowest BCUT2D eigenvalue weighted by molar-refractivity contribution is -0.127. The SMILES string of the molecule is C[C@]1(C(=O)NC2CCCC2)Cn2c(cc3ccsc32)C(=O)N1c1ccc2c(c1)OCCO2. The van der Waals surface area contributed by atoms with Crippen LogP contribution in [0.1, 0.15) is 43.1 Å². The van der Waals surface area contributed by atoms with E-state index in [0.717, 1.165) is 35.9 Å². The minimum atomic E-state index is -1.08. The Morgan fingerprint density at radius 3 is 2.72 bits per heavy atom. The van der Waals surface area contributed by atoms with Crippen LogP contribution in [0.2, 0.25) is 0 Å². The maximum atomic E-state index is 13.9. The van der Waals surface area contributed by atoms with Gasteiger partial charge in [0.05, 0.1) is 6.54 Å². The number of carbonyl (C=O) groups excluding carboxylic acids is 2. The van der Waals surface area contributed by atoms with E-state index in [0.29, 0.717) is 42.6 Å². The third kappa shape index (κ3) is 2.92. The van der Waals surface area contributed by atoms with E-state index in [1.54, 1.807) is 16.2 Å². The minimum Gasteiger partial charge on any atom is -0.486 e. The van der Waals surface area contributed by atoms with Crippen molar-refractivity contribution in [2.45, 2.75) is 50.7 Å². The average molecular weight is 452 g/mol. The van der Waals surface area contributed by atoms with Crippen LogP contribution in [0.25, 0.3) is 10.2 Å². The Morgan fingerprint density at radius 2 is 1.91 bits per heavy atom. The van der Waals surface area contributed by atoms with Gasteiger partial charge in [-0.15, -0.1) is 11.3 Å². The van der Waals surface area contributed by atoms with Gasteiger partial charge in [-0.05, 0) is 49.4 Å². The van der Waals surface area contributed by atoms with Gasteiger partial charge in [0.2, 0.25) is 5.91 Å². The molecule has 2 aromatic heterocycles. The molecule has 0 saturated heterocycles. The predicted molar refractivity (Wildman–Crippen MR) is 123 cm³/mol. The number of carbonyl (C=O) groups is 2. The topological polar surface area (TPSA) is 72.8 Å². The van der Waals surface area contributed by atoms with Crippen molar-refractivity contribution in [2.75, 3.05) is 18.1 Å². The summed E-state index contributed by atoms with van der Waals surface area (Å²) in [7, 11) is 0. The first-order chi connectivity index (χ1) is 15.5. The summed E-state index contributed by atoms with van der Waals surface area (Å²) in [5.74, 6) is 0.963. The fraction of sp³-hybridized carbons (Fsp3) is 0.417. The molecule has 2 aliphatic heterocycles. The average Bonchev–Trinajstić information content (AvgIpc) is 3.53. The van der Waals surface area contributed by atoms with Crippen LogP contribution in [-0.4, -0.2) is 41.2 Å². The Hall–Kier alpha value is -3.00. The summed E-state index contributed by atoms with van der Waals surface area (Å²) in [6.07, 6.45) is 4.24. The Bertz CT molecular complexity index is 1230. The van der Waals surface area contributed by atoms with Crippen LogP contribution in [0, 0.1) is 0 Å². The molecule has 32 heavy (non-hydrogen) atoms. The molecule has 166 valence electrons. The molecule has 0 bridgehead atoms. The molecule has 1 N–H and O–H groups in total. The van der Waals surface area contributed by atoms with Crippen molar-refractivity contribution in [3.63, 3.8) is 0 Å². The smallest absolute Gasteiger partial charge is 0.275 e. The Balaban J connectivity index is 1.46. The largest absolute Gasteiger partial charge is 0.486 e. The van der Waals surface area contributed by atoms with Crippen molar-refractivity contribution < 1.29 is 19.1 Å². The molecule has 0 unspecified atom stereocenters. The van der Waals surface area contributed by atoms with Crippen LogP contribution in [0.5, 0.6) is 11.5 Å². The maximum absolute atomic E-state index is 13.9.